The number of amides is 1. The molecule has 0 aromatic rings. The van der Waals surface area contributed by atoms with E-state index in [9.17, 15) is 9.59 Å². The molecule has 3 rings (SSSR count). The average molecular weight is 352 g/mol. The Hall–Kier alpha value is -1.14. The number of nitrogens with one attached hydrogen (secondary N) is 1. The van der Waals surface area contributed by atoms with Gasteiger partial charge < -0.3 is 14.8 Å². The second kappa shape index (κ2) is 5.43. The highest BCUT2D eigenvalue weighted by atomic mass is 16.6. The van der Waals surface area contributed by atoms with Gasteiger partial charge in [-0.1, -0.05) is 6.92 Å². The van der Waals surface area contributed by atoms with Gasteiger partial charge in [-0.25, -0.2) is 4.79 Å². The van der Waals surface area contributed by atoms with Crippen molar-refractivity contribution in [2.45, 2.75) is 95.7 Å². The van der Waals surface area contributed by atoms with E-state index < -0.39 is 17.4 Å². The Bertz CT molecular complexity index is 584. The predicted molar refractivity (Wildman–Crippen MR) is 93.8 cm³/mol. The molecule has 25 heavy (non-hydrogen) atoms. The Morgan fingerprint density at radius 1 is 1.28 bits per heavy atom. The lowest BCUT2D eigenvalue weighted by Crippen LogP contribution is -2.66. The molecule has 142 valence electrons. The minimum Gasteiger partial charge on any atom is -0.467 e. The maximum Gasteiger partial charge on any atom is 0.328 e. The molecule has 2 aliphatic heterocycles. The molecule has 1 amide bonds. The van der Waals surface area contributed by atoms with Crippen LogP contribution in [-0.4, -0.2) is 52.3 Å². The number of hydrogen-bond acceptors (Lipinski definition) is 5. The van der Waals surface area contributed by atoms with Gasteiger partial charge in [0.05, 0.1) is 7.11 Å². The van der Waals surface area contributed by atoms with Crippen LogP contribution in [0.4, 0.5) is 0 Å². The second-order valence-corrected chi connectivity index (χ2v) is 9.50. The molecule has 1 saturated carbocycles. The maximum absolute atomic E-state index is 13.6. The van der Waals surface area contributed by atoms with Crippen molar-refractivity contribution in [1.82, 2.24) is 10.2 Å². The average Bonchev–Trinajstić information content (AvgIpc) is 2.71. The van der Waals surface area contributed by atoms with Crippen molar-refractivity contribution < 1.29 is 19.1 Å². The summed E-state index contributed by atoms with van der Waals surface area (Å²) in [5.41, 5.74) is -2.00. The summed E-state index contributed by atoms with van der Waals surface area (Å²) in [6, 6.07) is -0.638. The van der Waals surface area contributed by atoms with Crippen LogP contribution in [0, 0.1) is 5.92 Å². The predicted octanol–water partition coefficient (Wildman–Crippen LogP) is 2.21. The highest BCUT2D eigenvalue weighted by Crippen LogP contribution is 2.56. The molecule has 1 N–H and O–H groups in total. The van der Waals surface area contributed by atoms with E-state index in [1.165, 1.54) is 7.11 Å². The van der Waals surface area contributed by atoms with E-state index in [1.807, 2.05) is 0 Å². The van der Waals surface area contributed by atoms with Crippen LogP contribution in [0.1, 0.15) is 67.2 Å². The van der Waals surface area contributed by atoms with E-state index in [0.717, 1.165) is 12.8 Å². The smallest absolute Gasteiger partial charge is 0.328 e. The highest BCUT2D eigenvalue weighted by molar-refractivity contribution is 5.92. The van der Waals surface area contributed by atoms with Gasteiger partial charge in [0.15, 0.2) is 5.60 Å². The van der Waals surface area contributed by atoms with Crippen molar-refractivity contribution in [2.24, 2.45) is 5.92 Å². The molecule has 0 aromatic heterocycles. The number of nitrogens with zero attached hydrogens (tertiary/aromatic N) is 1. The summed E-state index contributed by atoms with van der Waals surface area (Å²) in [5, 5.41) is 3.61. The molecule has 2 saturated heterocycles. The molecular weight excluding hydrogens is 320 g/mol. The molecule has 6 nitrogen and oxygen atoms in total. The van der Waals surface area contributed by atoms with Crippen LogP contribution >= 0.6 is 0 Å². The number of hydrogen-bond donors (Lipinski definition) is 1. The Morgan fingerprint density at radius 3 is 2.24 bits per heavy atom. The first-order valence-electron chi connectivity index (χ1n) is 9.29. The number of esters is 1. The van der Waals surface area contributed by atoms with E-state index in [4.69, 9.17) is 9.47 Å². The molecule has 1 aliphatic carbocycles. The summed E-state index contributed by atoms with van der Waals surface area (Å²) >= 11 is 0. The minimum atomic E-state index is -0.880. The lowest BCUT2D eigenvalue weighted by atomic mass is 9.72. The Kier molecular flexibility index (Phi) is 4.05. The standard InChI is InChI=1S/C19H32N2O4/c1-12-8-9-19(12)21(13(2)14(22)24-7)15(23)18(25-19)10-16(3,4)20-17(5,6)11-18/h12-13,20H,8-11H2,1-7H3. The van der Waals surface area contributed by atoms with Gasteiger partial charge in [-0.05, 0) is 47.5 Å². The van der Waals surface area contributed by atoms with Gasteiger partial charge >= 0.3 is 5.97 Å². The normalized spacial score (nSPS) is 36.4. The van der Waals surface area contributed by atoms with E-state index in [-0.39, 0.29) is 28.9 Å². The zero-order chi connectivity index (χ0) is 18.8. The zero-order valence-corrected chi connectivity index (χ0v) is 16.6. The lowest BCUT2D eigenvalue weighted by molar-refractivity contribution is -0.237. The number of carbonyl (C=O) groups is 2. The van der Waals surface area contributed by atoms with Crippen LogP contribution in [0.25, 0.3) is 0 Å². The van der Waals surface area contributed by atoms with Gasteiger partial charge in [-0.3, -0.25) is 9.69 Å². The topological polar surface area (TPSA) is 67.9 Å². The summed E-state index contributed by atoms with van der Waals surface area (Å²) < 4.78 is 11.6. The highest BCUT2D eigenvalue weighted by Gasteiger charge is 2.69. The van der Waals surface area contributed by atoms with Gasteiger partial charge in [0.2, 0.25) is 0 Å². The SMILES string of the molecule is COC(=O)C(C)N1C(=O)C2(CC(C)(C)NC(C)(C)C2)OC12CCC2C. The molecule has 3 fully saturated rings. The molecule has 0 radical (unpaired) electrons. The maximum atomic E-state index is 13.6. The fraction of sp³-hybridized carbons (Fsp3) is 0.895. The molecule has 2 heterocycles. The summed E-state index contributed by atoms with van der Waals surface area (Å²) in [6.45, 7) is 12.3. The molecule has 6 heteroatoms. The van der Waals surface area contributed by atoms with E-state index in [2.05, 4.69) is 39.9 Å². The fourth-order valence-electron chi connectivity index (χ4n) is 5.51. The van der Waals surface area contributed by atoms with Crippen LogP contribution in [0.2, 0.25) is 0 Å². The first-order chi connectivity index (χ1) is 11.4. The van der Waals surface area contributed by atoms with Gasteiger partial charge in [-0.15, -0.1) is 0 Å². The van der Waals surface area contributed by atoms with Crippen molar-refractivity contribution in [3.8, 4) is 0 Å². The third-order valence-electron chi connectivity index (χ3n) is 6.16. The fourth-order valence-corrected chi connectivity index (χ4v) is 5.51. The lowest BCUT2D eigenvalue weighted by Gasteiger charge is -2.53. The van der Waals surface area contributed by atoms with Gasteiger partial charge in [0.25, 0.3) is 5.91 Å². The molecule has 0 aromatic carbocycles. The molecule has 3 atom stereocenters. The van der Waals surface area contributed by atoms with E-state index in [1.54, 1.807) is 11.8 Å². The van der Waals surface area contributed by atoms with E-state index >= 15 is 0 Å². The number of methoxy groups -OCH3 is 1. The summed E-state index contributed by atoms with van der Waals surface area (Å²) in [6.07, 6.45) is 2.97. The third-order valence-corrected chi connectivity index (χ3v) is 6.16. The number of piperidine rings is 1. The van der Waals surface area contributed by atoms with E-state index in [0.29, 0.717) is 12.8 Å². The first-order valence-corrected chi connectivity index (χ1v) is 9.29. The van der Waals surface area contributed by atoms with Crippen molar-refractivity contribution in [3.05, 3.63) is 0 Å². The van der Waals surface area contributed by atoms with Crippen LogP contribution in [-0.2, 0) is 19.1 Å². The van der Waals surface area contributed by atoms with Gasteiger partial charge in [-0.2, -0.15) is 0 Å². The third kappa shape index (κ3) is 2.69. The summed E-state index contributed by atoms with van der Waals surface area (Å²) in [4.78, 5) is 27.6. The minimum absolute atomic E-state index is 0.0559. The van der Waals surface area contributed by atoms with Crippen LogP contribution in [0.3, 0.4) is 0 Å². The number of ether oxygens (including phenoxy) is 2. The van der Waals surface area contributed by atoms with Gasteiger partial charge in [0.1, 0.15) is 11.8 Å². The number of rotatable bonds is 2. The summed E-state index contributed by atoms with van der Waals surface area (Å²) in [7, 11) is 1.36. The first kappa shape index (κ1) is 18.6. The number of carbonyl (C=O) groups excluding carboxylic acids is 2. The van der Waals surface area contributed by atoms with Crippen LogP contribution in [0.5, 0.6) is 0 Å². The second-order valence-electron chi connectivity index (χ2n) is 9.50. The Balaban J connectivity index is 2.04. The van der Waals surface area contributed by atoms with Crippen LogP contribution < -0.4 is 5.32 Å². The Labute approximate surface area is 150 Å². The molecule has 0 bridgehead atoms. The van der Waals surface area contributed by atoms with Crippen molar-refractivity contribution in [3.63, 3.8) is 0 Å². The zero-order valence-electron chi connectivity index (χ0n) is 16.6. The van der Waals surface area contributed by atoms with Crippen molar-refractivity contribution in [1.29, 1.82) is 0 Å². The molecular formula is C19H32N2O4. The summed E-state index contributed by atoms with van der Waals surface area (Å²) in [5.74, 6) is -0.233. The monoisotopic (exact) mass is 352 g/mol. The van der Waals surface area contributed by atoms with Gasteiger partial charge in [0, 0.05) is 29.8 Å². The molecule has 3 unspecified atom stereocenters. The molecule has 3 aliphatic rings. The molecule has 2 spiro atoms. The largest absolute Gasteiger partial charge is 0.467 e. The van der Waals surface area contributed by atoms with Crippen molar-refractivity contribution in [2.75, 3.05) is 7.11 Å². The Morgan fingerprint density at radius 2 is 1.84 bits per heavy atom. The van der Waals surface area contributed by atoms with Crippen LogP contribution in [0.15, 0.2) is 0 Å². The quantitative estimate of drug-likeness (QED) is 0.772. The van der Waals surface area contributed by atoms with Crippen molar-refractivity contribution >= 4 is 11.9 Å².